The molecule has 1 unspecified atom stereocenters. The van der Waals surface area contributed by atoms with Crippen LogP contribution in [0.15, 0.2) is 42.5 Å². The van der Waals surface area contributed by atoms with Crippen molar-refractivity contribution in [3.05, 3.63) is 53.6 Å². The van der Waals surface area contributed by atoms with Gasteiger partial charge in [-0.25, -0.2) is 0 Å². The summed E-state index contributed by atoms with van der Waals surface area (Å²) >= 11 is 0. The SMILES string of the molecule is CCCN(C)Cc1ccc(NC(C)C=C2C(=O)Nc3cc(OC)c(OC)cc32)cc1. The van der Waals surface area contributed by atoms with Crippen LogP contribution in [0.1, 0.15) is 31.4 Å². The first-order valence-electron chi connectivity index (χ1n) is 10.3. The molecule has 1 atom stereocenters. The second-order valence-electron chi connectivity index (χ2n) is 7.65. The quantitative estimate of drug-likeness (QED) is 0.602. The van der Waals surface area contributed by atoms with Crippen LogP contribution < -0.4 is 20.1 Å². The number of hydrogen-bond donors (Lipinski definition) is 2. The maximum atomic E-state index is 12.5. The third-order valence-electron chi connectivity index (χ3n) is 5.13. The van der Waals surface area contributed by atoms with Crippen molar-refractivity contribution in [2.75, 3.05) is 38.4 Å². The molecule has 1 aliphatic rings. The molecular weight excluding hydrogens is 378 g/mol. The molecule has 2 N–H and O–H groups in total. The molecule has 0 radical (unpaired) electrons. The molecule has 2 aromatic carbocycles. The van der Waals surface area contributed by atoms with Crippen LogP contribution >= 0.6 is 0 Å². The van der Waals surface area contributed by atoms with Gasteiger partial charge >= 0.3 is 0 Å². The summed E-state index contributed by atoms with van der Waals surface area (Å²) in [7, 11) is 5.31. The molecule has 0 bridgehead atoms. The van der Waals surface area contributed by atoms with Crippen LogP contribution in [-0.2, 0) is 11.3 Å². The molecule has 0 fully saturated rings. The van der Waals surface area contributed by atoms with Crippen molar-refractivity contribution in [3.63, 3.8) is 0 Å². The number of benzene rings is 2. The normalized spacial score (nSPS) is 15.1. The van der Waals surface area contributed by atoms with Crippen LogP contribution in [0.25, 0.3) is 5.57 Å². The van der Waals surface area contributed by atoms with E-state index in [0.29, 0.717) is 17.1 Å². The van der Waals surface area contributed by atoms with E-state index in [0.717, 1.165) is 36.4 Å². The van der Waals surface area contributed by atoms with E-state index in [9.17, 15) is 4.79 Å². The molecule has 6 heteroatoms. The summed E-state index contributed by atoms with van der Waals surface area (Å²) < 4.78 is 10.7. The predicted octanol–water partition coefficient (Wildman–Crippen LogP) is 4.38. The Morgan fingerprint density at radius 2 is 1.80 bits per heavy atom. The Bertz CT molecular complexity index is 922. The fraction of sp³-hybridized carbons (Fsp3) is 0.375. The Labute approximate surface area is 178 Å². The number of anilines is 2. The lowest BCUT2D eigenvalue weighted by Gasteiger charge is -2.17. The van der Waals surface area contributed by atoms with E-state index in [-0.39, 0.29) is 11.9 Å². The van der Waals surface area contributed by atoms with Gasteiger partial charge in [-0.2, -0.15) is 0 Å². The predicted molar refractivity (Wildman–Crippen MR) is 122 cm³/mol. The zero-order chi connectivity index (χ0) is 21.7. The van der Waals surface area contributed by atoms with E-state index < -0.39 is 0 Å². The number of nitrogens with one attached hydrogen (secondary N) is 2. The van der Waals surface area contributed by atoms with E-state index >= 15 is 0 Å². The fourth-order valence-electron chi connectivity index (χ4n) is 3.72. The van der Waals surface area contributed by atoms with Crippen molar-refractivity contribution in [2.45, 2.75) is 32.9 Å². The topological polar surface area (TPSA) is 62.8 Å². The summed E-state index contributed by atoms with van der Waals surface area (Å²) in [6, 6.07) is 12.1. The summed E-state index contributed by atoms with van der Waals surface area (Å²) in [6.07, 6.45) is 3.09. The zero-order valence-corrected chi connectivity index (χ0v) is 18.4. The molecule has 1 aliphatic heterocycles. The minimum atomic E-state index is -0.122. The smallest absolute Gasteiger partial charge is 0.256 e. The number of methoxy groups -OCH3 is 2. The number of fused-ring (bicyclic) bond motifs is 1. The zero-order valence-electron chi connectivity index (χ0n) is 18.4. The first kappa shape index (κ1) is 21.7. The molecule has 6 nitrogen and oxygen atoms in total. The second-order valence-corrected chi connectivity index (χ2v) is 7.65. The maximum absolute atomic E-state index is 12.5. The van der Waals surface area contributed by atoms with Gasteiger partial charge in [0.05, 0.1) is 19.9 Å². The van der Waals surface area contributed by atoms with Gasteiger partial charge in [0.1, 0.15) is 0 Å². The average Bonchev–Trinajstić information content (AvgIpc) is 3.02. The maximum Gasteiger partial charge on any atom is 0.256 e. The lowest BCUT2D eigenvalue weighted by atomic mass is 10.0. The molecule has 0 spiro atoms. The van der Waals surface area contributed by atoms with Gasteiger partial charge < -0.3 is 25.0 Å². The molecular formula is C24H31N3O3. The summed E-state index contributed by atoms with van der Waals surface area (Å²) in [4.78, 5) is 14.8. The molecule has 30 heavy (non-hydrogen) atoms. The van der Waals surface area contributed by atoms with Gasteiger partial charge in [-0.15, -0.1) is 0 Å². The molecule has 2 aromatic rings. The third-order valence-corrected chi connectivity index (χ3v) is 5.13. The highest BCUT2D eigenvalue weighted by Gasteiger charge is 2.27. The Balaban J connectivity index is 1.73. The number of carbonyl (C=O) groups is 1. The van der Waals surface area contributed by atoms with Crippen molar-refractivity contribution in [1.82, 2.24) is 4.90 Å². The summed E-state index contributed by atoms with van der Waals surface area (Å²) in [6.45, 7) is 6.25. The van der Waals surface area contributed by atoms with E-state index in [1.165, 1.54) is 5.56 Å². The Morgan fingerprint density at radius 1 is 1.13 bits per heavy atom. The summed E-state index contributed by atoms with van der Waals surface area (Å²) in [5.74, 6) is 1.07. The lowest BCUT2D eigenvalue weighted by molar-refractivity contribution is -0.110. The first-order chi connectivity index (χ1) is 14.4. The van der Waals surface area contributed by atoms with Gasteiger partial charge in [0.15, 0.2) is 11.5 Å². The Kier molecular flexibility index (Phi) is 7.00. The van der Waals surface area contributed by atoms with Crippen molar-refractivity contribution < 1.29 is 14.3 Å². The number of amides is 1. The molecule has 0 aromatic heterocycles. The first-order valence-corrected chi connectivity index (χ1v) is 10.3. The fourth-order valence-corrected chi connectivity index (χ4v) is 3.72. The van der Waals surface area contributed by atoms with Crippen LogP contribution in [-0.4, -0.2) is 44.7 Å². The minimum Gasteiger partial charge on any atom is -0.493 e. The molecule has 0 saturated carbocycles. The van der Waals surface area contributed by atoms with Crippen LogP contribution in [0.4, 0.5) is 11.4 Å². The molecule has 0 saturated heterocycles. The van der Waals surface area contributed by atoms with Gasteiger partial charge in [-0.05, 0) is 56.8 Å². The number of rotatable bonds is 9. The van der Waals surface area contributed by atoms with E-state index in [1.807, 2.05) is 19.1 Å². The molecule has 1 amide bonds. The van der Waals surface area contributed by atoms with E-state index in [2.05, 4.69) is 53.8 Å². The van der Waals surface area contributed by atoms with Crippen LogP contribution in [0.2, 0.25) is 0 Å². The highest BCUT2D eigenvalue weighted by molar-refractivity contribution is 6.31. The summed E-state index contributed by atoms with van der Waals surface area (Å²) in [5, 5.41) is 6.35. The number of ether oxygens (including phenoxy) is 2. The molecule has 0 aliphatic carbocycles. The molecule has 3 rings (SSSR count). The standard InChI is InChI=1S/C24H31N3O3/c1-6-11-27(3)15-17-7-9-18(10-8-17)25-16(2)12-20-19-13-22(29-4)23(30-5)14-21(19)26-24(20)28/h7-10,12-14,16,25H,6,11,15H2,1-5H3,(H,26,28). The van der Waals surface area contributed by atoms with Crippen LogP contribution in [0, 0.1) is 0 Å². The van der Waals surface area contributed by atoms with Gasteiger partial charge in [-0.3, -0.25) is 4.79 Å². The summed E-state index contributed by atoms with van der Waals surface area (Å²) in [5.41, 5.74) is 4.49. The molecule has 160 valence electrons. The van der Waals surface area contributed by atoms with Gasteiger partial charge in [0.2, 0.25) is 0 Å². The third kappa shape index (κ3) is 4.94. The second kappa shape index (κ2) is 9.67. The molecule has 1 heterocycles. The Hall–Kier alpha value is -2.99. The van der Waals surface area contributed by atoms with Crippen LogP contribution in [0.3, 0.4) is 0 Å². The van der Waals surface area contributed by atoms with E-state index in [4.69, 9.17) is 9.47 Å². The minimum absolute atomic E-state index is 0.0292. The average molecular weight is 410 g/mol. The highest BCUT2D eigenvalue weighted by Crippen LogP contribution is 2.40. The van der Waals surface area contributed by atoms with Crippen molar-refractivity contribution in [3.8, 4) is 11.5 Å². The number of nitrogens with zero attached hydrogens (tertiary/aromatic N) is 1. The Morgan fingerprint density at radius 3 is 2.43 bits per heavy atom. The van der Waals surface area contributed by atoms with Crippen molar-refractivity contribution in [1.29, 1.82) is 0 Å². The van der Waals surface area contributed by atoms with Crippen molar-refractivity contribution >= 4 is 22.9 Å². The van der Waals surface area contributed by atoms with Gasteiger partial charge in [-0.1, -0.05) is 19.1 Å². The number of carbonyl (C=O) groups excluding carboxylic acids is 1. The number of hydrogen-bond acceptors (Lipinski definition) is 5. The van der Waals surface area contributed by atoms with Gasteiger partial charge in [0, 0.05) is 35.5 Å². The van der Waals surface area contributed by atoms with Crippen molar-refractivity contribution in [2.24, 2.45) is 0 Å². The largest absolute Gasteiger partial charge is 0.493 e. The highest BCUT2D eigenvalue weighted by atomic mass is 16.5. The van der Waals surface area contributed by atoms with E-state index in [1.54, 1.807) is 20.3 Å². The lowest BCUT2D eigenvalue weighted by Crippen LogP contribution is -2.18. The monoisotopic (exact) mass is 409 g/mol. The van der Waals surface area contributed by atoms with Gasteiger partial charge in [0.25, 0.3) is 5.91 Å². The van der Waals surface area contributed by atoms with Crippen LogP contribution in [0.5, 0.6) is 11.5 Å².